The Bertz CT molecular complexity index is 370. The summed E-state index contributed by atoms with van der Waals surface area (Å²) in [4.78, 5) is 19.3. The van der Waals surface area contributed by atoms with Crippen molar-refractivity contribution in [1.82, 2.24) is 15.3 Å². The molecule has 1 aliphatic heterocycles. The number of aryl methyl sites for hydroxylation is 1. The molecule has 86 valence electrons. The third-order valence-corrected chi connectivity index (χ3v) is 2.70. The van der Waals surface area contributed by atoms with E-state index in [2.05, 4.69) is 27.5 Å². The summed E-state index contributed by atoms with van der Waals surface area (Å²) in [6, 6.07) is 2.23. The topological polar surface area (TPSA) is 66.9 Å². The molecule has 1 amide bonds. The molecule has 1 saturated heterocycles. The number of rotatable bonds is 3. The van der Waals surface area contributed by atoms with E-state index in [1.807, 2.05) is 6.07 Å². The van der Waals surface area contributed by atoms with E-state index in [0.29, 0.717) is 13.0 Å². The lowest BCUT2D eigenvalue weighted by molar-refractivity contribution is -0.122. The summed E-state index contributed by atoms with van der Waals surface area (Å²) in [5, 5.41) is 6.15. The number of carbonyl (C=O) groups excluding carboxylic acids is 1. The van der Waals surface area contributed by atoms with Gasteiger partial charge in [0.05, 0.1) is 0 Å². The van der Waals surface area contributed by atoms with Crippen LogP contribution in [0.25, 0.3) is 0 Å². The van der Waals surface area contributed by atoms with E-state index in [9.17, 15) is 4.79 Å². The summed E-state index contributed by atoms with van der Waals surface area (Å²) in [7, 11) is 0. The van der Waals surface area contributed by atoms with Crippen molar-refractivity contribution in [2.75, 3.05) is 11.9 Å². The molecule has 16 heavy (non-hydrogen) atoms. The highest BCUT2D eigenvalue weighted by atomic mass is 16.1. The third-order valence-electron chi connectivity index (χ3n) is 2.70. The Labute approximate surface area is 94.7 Å². The normalized spacial score (nSPS) is 20.3. The van der Waals surface area contributed by atoms with Crippen molar-refractivity contribution < 1.29 is 4.79 Å². The monoisotopic (exact) mass is 220 g/mol. The number of aromatic nitrogens is 2. The summed E-state index contributed by atoms with van der Waals surface area (Å²) in [6.45, 7) is 2.73. The number of hydrogen-bond donors (Lipinski definition) is 2. The standard InChI is InChI=1S/C11H16N4O/c1-2-8-5-10(14-7-13-8)15-9-3-4-11(16)12-6-9/h5,7,9H,2-4,6H2,1H3,(H,12,16)(H,13,14,15). The molecular formula is C11H16N4O. The zero-order valence-corrected chi connectivity index (χ0v) is 9.36. The molecule has 0 spiro atoms. The first-order valence-corrected chi connectivity index (χ1v) is 5.62. The molecule has 1 atom stereocenters. The predicted octanol–water partition coefficient (Wildman–Crippen LogP) is 0.729. The smallest absolute Gasteiger partial charge is 0.220 e. The molecule has 0 radical (unpaired) electrons. The van der Waals surface area contributed by atoms with Gasteiger partial charge in [-0.1, -0.05) is 6.92 Å². The van der Waals surface area contributed by atoms with Crippen molar-refractivity contribution >= 4 is 11.7 Å². The van der Waals surface area contributed by atoms with Crippen LogP contribution in [-0.4, -0.2) is 28.5 Å². The van der Waals surface area contributed by atoms with Gasteiger partial charge in [0.25, 0.3) is 0 Å². The minimum atomic E-state index is 0.134. The summed E-state index contributed by atoms with van der Waals surface area (Å²) < 4.78 is 0. The second kappa shape index (κ2) is 4.92. The lowest BCUT2D eigenvalue weighted by Gasteiger charge is -2.23. The number of piperidine rings is 1. The number of amides is 1. The third kappa shape index (κ3) is 2.68. The van der Waals surface area contributed by atoms with E-state index in [-0.39, 0.29) is 11.9 Å². The number of hydrogen-bond acceptors (Lipinski definition) is 4. The quantitative estimate of drug-likeness (QED) is 0.788. The van der Waals surface area contributed by atoms with Crippen molar-refractivity contribution in [3.63, 3.8) is 0 Å². The van der Waals surface area contributed by atoms with Crippen molar-refractivity contribution in [3.8, 4) is 0 Å². The van der Waals surface area contributed by atoms with E-state index < -0.39 is 0 Å². The maximum Gasteiger partial charge on any atom is 0.220 e. The van der Waals surface area contributed by atoms with Crippen LogP contribution in [0.1, 0.15) is 25.5 Å². The van der Waals surface area contributed by atoms with Gasteiger partial charge >= 0.3 is 0 Å². The Hall–Kier alpha value is -1.65. The molecule has 5 heteroatoms. The Morgan fingerprint density at radius 2 is 2.44 bits per heavy atom. The lowest BCUT2D eigenvalue weighted by atomic mass is 10.1. The Kier molecular flexibility index (Phi) is 3.34. The van der Waals surface area contributed by atoms with E-state index in [0.717, 1.165) is 24.4 Å². The maximum atomic E-state index is 11.0. The molecule has 0 bridgehead atoms. The lowest BCUT2D eigenvalue weighted by Crippen LogP contribution is -2.42. The first kappa shape index (κ1) is 10.9. The summed E-state index contributed by atoms with van der Waals surface area (Å²) >= 11 is 0. The second-order valence-corrected chi connectivity index (χ2v) is 3.93. The van der Waals surface area contributed by atoms with Crippen LogP contribution in [0.2, 0.25) is 0 Å². The Morgan fingerprint density at radius 3 is 3.12 bits per heavy atom. The SMILES string of the molecule is CCc1cc(NC2CCC(=O)NC2)ncn1. The highest BCUT2D eigenvalue weighted by Crippen LogP contribution is 2.11. The number of nitrogens with zero attached hydrogens (tertiary/aromatic N) is 2. The van der Waals surface area contributed by atoms with Crippen molar-refractivity contribution in [3.05, 3.63) is 18.1 Å². The minimum absolute atomic E-state index is 0.134. The molecule has 5 nitrogen and oxygen atoms in total. The minimum Gasteiger partial charge on any atom is -0.365 e. The van der Waals surface area contributed by atoms with E-state index in [4.69, 9.17) is 0 Å². The average molecular weight is 220 g/mol. The van der Waals surface area contributed by atoms with Crippen LogP contribution in [0.3, 0.4) is 0 Å². The van der Waals surface area contributed by atoms with Crippen molar-refractivity contribution in [2.24, 2.45) is 0 Å². The second-order valence-electron chi connectivity index (χ2n) is 3.93. The maximum absolute atomic E-state index is 11.0. The molecule has 2 N–H and O–H groups in total. The Morgan fingerprint density at radius 1 is 1.56 bits per heavy atom. The van der Waals surface area contributed by atoms with Gasteiger partial charge in [-0.15, -0.1) is 0 Å². The van der Waals surface area contributed by atoms with Crippen molar-refractivity contribution in [2.45, 2.75) is 32.2 Å². The zero-order chi connectivity index (χ0) is 11.4. The van der Waals surface area contributed by atoms with Crippen LogP contribution < -0.4 is 10.6 Å². The highest BCUT2D eigenvalue weighted by molar-refractivity contribution is 5.76. The van der Waals surface area contributed by atoms with Crippen molar-refractivity contribution in [1.29, 1.82) is 0 Å². The largest absolute Gasteiger partial charge is 0.365 e. The molecule has 1 aliphatic rings. The van der Waals surface area contributed by atoms with Crippen LogP contribution in [0.5, 0.6) is 0 Å². The summed E-state index contributed by atoms with van der Waals surface area (Å²) in [5.41, 5.74) is 1.03. The zero-order valence-electron chi connectivity index (χ0n) is 9.36. The van der Waals surface area contributed by atoms with Gasteiger partial charge in [0.1, 0.15) is 12.1 Å². The van der Waals surface area contributed by atoms with Gasteiger partial charge in [0, 0.05) is 30.8 Å². The van der Waals surface area contributed by atoms with E-state index in [1.54, 1.807) is 6.33 Å². The molecule has 2 heterocycles. The number of carbonyl (C=O) groups is 1. The number of nitrogens with one attached hydrogen (secondary N) is 2. The van der Waals surface area contributed by atoms with Gasteiger partial charge in [-0.2, -0.15) is 0 Å². The van der Waals surface area contributed by atoms with Gasteiger partial charge in [-0.25, -0.2) is 9.97 Å². The summed E-state index contributed by atoms with van der Waals surface area (Å²) in [6.07, 6.45) is 3.92. The molecule has 0 aromatic carbocycles. The van der Waals surface area contributed by atoms with Gasteiger partial charge in [0.2, 0.25) is 5.91 Å². The fourth-order valence-corrected chi connectivity index (χ4v) is 1.74. The van der Waals surface area contributed by atoms with Gasteiger partial charge in [-0.3, -0.25) is 4.79 Å². The number of anilines is 1. The van der Waals surface area contributed by atoms with Gasteiger partial charge < -0.3 is 10.6 Å². The van der Waals surface area contributed by atoms with Crippen LogP contribution in [0, 0.1) is 0 Å². The van der Waals surface area contributed by atoms with Crippen LogP contribution in [0.4, 0.5) is 5.82 Å². The molecule has 1 unspecified atom stereocenters. The van der Waals surface area contributed by atoms with Gasteiger partial charge in [0.15, 0.2) is 0 Å². The van der Waals surface area contributed by atoms with Crippen LogP contribution >= 0.6 is 0 Å². The summed E-state index contributed by atoms with van der Waals surface area (Å²) in [5.74, 6) is 0.975. The fourth-order valence-electron chi connectivity index (χ4n) is 1.74. The van der Waals surface area contributed by atoms with E-state index in [1.165, 1.54) is 0 Å². The molecule has 1 aromatic rings. The molecule has 2 rings (SSSR count). The first-order chi connectivity index (χ1) is 7.78. The first-order valence-electron chi connectivity index (χ1n) is 5.62. The fraction of sp³-hybridized carbons (Fsp3) is 0.545. The molecule has 0 aliphatic carbocycles. The molecular weight excluding hydrogens is 204 g/mol. The van der Waals surface area contributed by atoms with E-state index >= 15 is 0 Å². The average Bonchev–Trinajstić information content (AvgIpc) is 2.32. The Balaban J connectivity index is 1.95. The molecule has 0 saturated carbocycles. The van der Waals surface area contributed by atoms with Crippen LogP contribution in [0.15, 0.2) is 12.4 Å². The van der Waals surface area contributed by atoms with Gasteiger partial charge in [-0.05, 0) is 12.8 Å². The highest BCUT2D eigenvalue weighted by Gasteiger charge is 2.17. The predicted molar refractivity (Wildman–Crippen MR) is 61.1 cm³/mol. The molecule has 1 aromatic heterocycles. The van der Waals surface area contributed by atoms with Crippen LogP contribution in [-0.2, 0) is 11.2 Å². The molecule has 1 fully saturated rings.